The second-order valence-electron chi connectivity index (χ2n) is 6.44. The van der Waals surface area contributed by atoms with Crippen LogP contribution in [0.15, 0.2) is 60.7 Å². The van der Waals surface area contributed by atoms with Crippen LogP contribution in [-0.4, -0.2) is 21.3 Å². The van der Waals surface area contributed by atoms with Crippen LogP contribution >= 0.6 is 8.58 Å². The van der Waals surface area contributed by atoms with E-state index >= 15 is 0 Å². The van der Waals surface area contributed by atoms with Gasteiger partial charge in [0.1, 0.15) is 18.2 Å². The van der Waals surface area contributed by atoms with Crippen LogP contribution in [0, 0.1) is 5.82 Å². The Morgan fingerprint density at radius 1 is 0.931 bits per heavy atom. The molecule has 3 aromatic rings. The van der Waals surface area contributed by atoms with Crippen molar-refractivity contribution in [3.05, 3.63) is 77.6 Å². The molecule has 0 amide bonds. The first-order valence-electron chi connectivity index (χ1n) is 9.27. The molecule has 1 unspecified atom stereocenters. The number of hydrogen-bond donors (Lipinski definition) is 1. The summed E-state index contributed by atoms with van der Waals surface area (Å²) in [6.45, 7) is 1.01. The Bertz CT molecular complexity index is 950. The molecule has 29 heavy (non-hydrogen) atoms. The van der Waals surface area contributed by atoms with Gasteiger partial charge in [-0.3, -0.25) is 0 Å². The third-order valence-corrected chi connectivity index (χ3v) is 5.81. The van der Waals surface area contributed by atoms with Crippen molar-refractivity contribution in [3.8, 4) is 17.2 Å². The fraction of sp³-hybridized carbons (Fsp3) is 0.217. The molecule has 0 spiro atoms. The van der Waals surface area contributed by atoms with Crippen molar-refractivity contribution in [2.24, 2.45) is 0 Å². The number of ether oxygens (including phenoxy) is 3. The van der Waals surface area contributed by atoms with E-state index in [1.807, 2.05) is 55.6 Å². The lowest BCUT2D eigenvalue weighted by molar-refractivity contribution is 0.286. The van der Waals surface area contributed by atoms with Gasteiger partial charge >= 0.3 is 0 Å². The average Bonchev–Trinajstić information content (AvgIpc) is 2.75. The molecule has 0 heterocycles. The van der Waals surface area contributed by atoms with Gasteiger partial charge in [0.25, 0.3) is 0 Å². The van der Waals surface area contributed by atoms with Crippen LogP contribution in [0.1, 0.15) is 11.1 Å². The van der Waals surface area contributed by atoms with Crippen LogP contribution in [0.25, 0.3) is 0 Å². The summed E-state index contributed by atoms with van der Waals surface area (Å²) < 4.78 is 30.9. The Morgan fingerprint density at radius 3 is 2.41 bits per heavy atom. The van der Waals surface area contributed by atoms with Crippen LogP contribution in [-0.2, 0) is 13.2 Å². The van der Waals surface area contributed by atoms with Gasteiger partial charge in [-0.2, -0.15) is 0 Å². The minimum absolute atomic E-state index is 0.243. The highest BCUT2D eigenvalue weighted by atomic mass is 31.1. The first-order valence-corrected chi connectivity index (χ1v) is 10.3. The number of benzene rings is 3. The highest BCUT2D eigenvalue weighted by molar-refractivity contribution is 7.55. The number of hydrogen-bond acceptors (Lipinski definition) is 4. The highest BCUT2D eigenvalue weighted by Crippen LogP contribution is 2.35. The molecule has 1 N–H and O–H groups in total. The van der Waals surface area contributed by atoms with Gasteiger partial charge in [-0.15, -0.1) is 0 Å². The number of rotatable bonds is 9. The zero-order valence-electron chi connectivity index (χ0n) is 16.8. The third-order valence-electron chi connectivity index (χ3n) is 4.41. The summed E-state index contributed by atoms with van der Waals surface area (Å²) in [6, 6.07) is 18.6. The zero-order valence-corrected chi connectivity index (χ0v) is 17.8. The van der Waals surface area contributed by atoms with Crippen molar-refractivity contribution < 1.29 is 18.6 Å². The summed E-state index contributed by atoms with van der Waals surface area (Å²) in [5.41, 5.74) is 1.99. The molecule has 152 valence electrons. The molecule has 0 aromatic heterocycles. The van der Waals surface area contributed by atoms with Crippen molar-refractivity contribution in [3.63, 3.8) is 0 Å². The van der Waals surface area contributed by atoms with Crippen molar-refractivity contribution in [1.29, 1.82) is 0 Å². The fourth-order valence-corrected chi connectivity index (χ4v) is 4.29. The minimum Gasteiger partial charge on any atom is -0.497 e. The Hall–Kier alpha value is -2.62. The van der Waals surface area contributed by atoms with Gasteiger partial charge in [0.2, 0.25) is 0 Å². The van der Waals surface area contributed by atoms with Crippen molar-refractivity contribution in [2.75, 3.05) is 21.3 Å². The smallest absolute Gasteiger partial charge is 0.169 e. The van der Waals surface area contributed by atoms with Crippen LogP contribution in [0.5, 0.6) is 17.2 Å². The monoisotopic (exact) mass is 413 g/mol. The van der Waals surface area contributed by atoms with E-state index in [0.717, 1.165) is 21.7 Å². The molecule has 0 aliphatic heterocycles. The van der Waals surface area contributed by atoms with E-state index in [9.17, 15) is 4.39 Å². The first kappa shape index (κ1) is 21.1. The van der Waals surface area contributed by atoms with Crippen LogP contribution < -0.4 is 30.1 Å². The second kappa shape index (κ2) is 10.2. The van der Waals surface area contributed by atoms with Crippen LogP contribution in [0.4, 0.5) is 4.39 Å². The number of halogens is 1. The molecule has 3 aromatic carbocycles. The maximum atomic E-state index is 13.7. The van der Waals surface area contributed by atoms with Gasteiger partial charge in [0.15, 0.2) is 11.5 Å². The number of nitrogens with one attached hydrogen (secondary N) is 1. The molecule has 6 heteroatoms. The van der Waals surface area contributed by atoms with Crippen LogP contribution in [0.3, 0.4) is 0 Å². The Balaban J connectivity index is 1.97. The van der Waals surface area contributed by atoms with Gasteiger partial charge < -0.3 is 19.5 Å². The topological polar surface area (TPSA) is 39.7 Å². The molecule has 0 aliphatic rings. The SMILES string of the molecule is CNCc1cc(F)ccc1Pc1cc(OC)cc(OC)c1OCc1ccccc1. The van der Waals surface area contributed by atoms with Gasteiger partial charge in [-0.05, 0) is 41.7 Å². The molecule has 3 rings (SSSR count). The molecule has 4 nitrogen and oxygen atoms in total. The molecular formula is C23H25FNO3P. The second-order valence-corrected chi connectivity index (χ2v) is 7.76. The number of methoxy groups -OCH3 is 2. The lowest BCUT2D eigenvalue weighted by Gasteiger charge is -2.18. The molecule has 0 fully saturated rings. The maximum Gasteiger partial charge on any atom is 0.169 e. The Morgan fingerprint density at radius 2 is 1.72 bits per heavy atom. The predicted octanol–water partition coefficient (Wildman–Crippen LogP) is 3.77. The third kappa shape index (κ3) is 5.47. The minimum atomic E-state index is -0.243. The summed E-state index contributed by atoms with van der Waals surface area (Å²) in [4.78, 5) is 0. The van der Waals surface area contributed by atoms with Gasteiger partial charge in [-0.1, -0.05) is 45.0 Å². The summed E-state index contributed by atoms with van der Waals surface area (Å²) >= 11 is 0. The normalized spacial score (nSPS) is 11.0. The van der Waals surface area contributed by atoms with Crippen molar-refractivity contribution >= 4 is 19.2 Å². The van der Waals surface area contributed by atoms with E-state index in [2.05, 4.69) is 5.32 Å². The molecule has 0 bridgehead atoms. The first-order chi connectivity index (χ1) is 14.1. The van der Waals surface area contributed by atoms with Gasteiger partial charge in [0.05, 0.1) is 14.2 Å². The predicted molar refractivity (Wildman–Crippen MR) is 117 cm³/mol. The van der Waals surface area contributed by atoms with E-state index in [1.54, 1.807) is 20.3 Å². The summed E-state index contributed by atoms with van der Waals surface area (Å²) in [5.74, 6) is 1.73. The molecule has 1 atom stereocenters. The van der Waals surface area contributed by atoms with E-state index in [1.165, 1.54) is 6.07 Å². The average molecular weight is 413 g/mol. The summed E-state index contributed by atoms with van der Waals surface area (Å²) in [6.07, 6.45) is 0. The van der Waals surface area contributed by atoms with E-state index in [0.29, 0.717) is 30.4 Å². The van der Waals surface area contributed by atoms with Gasteiger partial charge in [-0.25, -0.2) is 4.39 Å². The van der Waals surface area contributed by atoms with Crippen LogP contribution in [0.2, 0.25) is 0 Å². The standard InChI is InChI=1S/C23H25FNO3P/c1-25-14-17-11-18(24)9-10-21(17)29-22-13-19(26-2)12-20(27-3)23(22)28-15-16-7-5-4-6-8-16/h4-13,25,29H,14-15H2,1-3H3. The highest BCUT2D eigenvalue weighted by Gasteiger charge is 2.16. The van der Waals surface area contributed by atoms with E-state index in [4.69, 9.17) is 14.2 Å². The van der Waals surface area contributed by atoms with E-state index in [-0.39, 0.29) is 14.4 Å². The summed E-state index contributed by atoms with van der Waals surface area (Å²) in [5, 5.41) is 5.09. The van der Waals surface area contributed by atoms with Crippen molar-refractivity contribution in [1.82, 2.24) is 5.32 Å². The van der Waals surface area contributed by atoms with Gasteiger partial charge in [0, 0.05) is 17.9 Å². The largest absolute Gasteiger partial charge is 0.497 e. The maximum absolute atomic E-state index is 13.7. The summed E-state index contributed by atoms with van der Waals surface area (Å²) in [7, 11) is 5.34. The Labute approximate surface area is 172 Å². The molecule has 0 saturated carbocycles. The Kier molecular flexibility index (Phi) is 7.45. The van der Waals surface area contributed by atoms with E-state index < -0.39 is 0 Å². The van der Waals surface area contributed by atoms with Crippen molar-refractivity contribution in [2.45, 2.75) is 13.2 Å². The fourth-order valence-electron chi connectivity index (χ4n) is 2.98. The lowest BCUT2D eigenvalue weighted by Crippen LogP contribution is -2.17. The molecule has 0 aliphatic carbocycles. The molecule has 0 radical (unpaired) electrons. The molecular weight excluding hydrogens is 388 g/mol. The quantitative estimate of drug-likeness (QED) is 0.542. The molecule has 0 saturated heterocycles. The lowest BCUT2D eigenvalue weighted by atomic mass is 10.2. The zero-order chi connectivity index (χ0) is 20.6.